The number of hydrogen-bond donors (Lipinski definition) is 3. The highest BCUT2D eigenvalue weighted by molar-refractivity contribution is 5.62. The number of carboxylic acids is 1. The van der Waals surface area contributed by atoms with E-state index < -0.39 is 10.9 Å². The summed E-state index contributed by atoms with van der Waals surface area (Å²) in [5.41, 5.74) is 3.08. The highest BCUT2D eigenvalue weighted by atomic mass is 16.6. The second kappa shape index (κ2) is 6.33. The second-order valence-corrected chi connectivity index (χ2v) is 2.47. The molecule has 0 amide bonds. The highest BCUT2D eigenvalue weighted by Gasteiger charge is 2.01. The maximum Gasteiger partial charge on any atom is 0.300 e. The van der Waals surface area contributed by atoms with Gasteiger partial charge in [-0.3, -0.25) is 20.8 Å². The molecule has 0 bridgehead atoms. The van der Waals surface area contributed by atoms with E-state index in [1.165, 1.54) is 24.3 Å². The number of nitro benzene ring substituents is 1. The molecule has 7 heteroatoms. The van der Waals surface area contributed by atoms with Crippen LogP contribution in [0.15, 0.2) is 24.3 Å². The Morgan fingerprint density at radius 2 is 1.87 bits per heavy atom. The van der Waals surface area contributed by atoms with Gasteiger partial charge in [0.15, 0.2) is 0 Å². The summed E-state index contributed by atoms with van der Waals surface area (Å²) < 4.78 is 0. The zero-order valence-electron chi connectivity index (χ0n) is 8.01. The van der Waals surface area contributed by atoms with E-state index in [0.29, 0.717) is 5.69 Å². The molecule has 82 valence electrons. The summed E-state index contributed by atoms with van der Waals surface area (Å²) in [6.07, 6.45) is 0. The molecule has 0 spiro atoms. The SMILES string of the molecule is CC(=O)O.NNc1ccc([N+](=O)[O-])cc1. The van der Waals surface area contributed by atoms with Crippen LogP contribution in [0.5, 0.6) is 0 Å². The first kappa shape index (κ1) is 12.8. The molecule has 0 fully saturated rings. The lowest BCUT2D eigenvalue weighted by molar-refractivity contribution is -0.384. The average Bonchev–Trinajstić information content (AvgIpc) is 2.17. The van der Waals surface area contributed by atoms with Gasteiger partial charge >= 0.3 is 0 Å². The number of aliphatic carboxylic acids is 1. The maximum absolute atomic E-state index is 10.2. The molecule has 0 radical (unpaired) electrons. The minimum atomic E-state index is -0.833. The zero-order chi connectivity index (χ0) is 11.8. The Bertz CT molecular complexity index is 332. The second-order valence-electron chi connectivity index (χ2n) is 2.47. The van der Waals surface area contributed by atoms with E-state index in [-0.39, 0.29) is 5.69 Å². The molecular weight excluding hydrogens is 202 g/mol. The Morgan fingerprint density at radius 1 is 1.47 bits per heavy atom. The molecule has 0 aromatic heterocycles. The van der Waals surface area contributed by atoms with Gasteiger partial charge in [-0.25, -0.2) is 0 Å². The first-order valence-electron chi connectivity index (χ1n) is 3.88. The molecule has 0 atom stereocenters. The summed E-state index contributed by atoms with van der Waals surface area (Å²) in [6, 6.07) is 5.85. The predicted molar refractivity (Wildman–Crippen MR) is 54.2 cm³/mol. The van der Waals surface area contributed by atoms with E-state index in [9.17, 15) is 10.1 Å². The van der Waals surface area contributed by atoms with Gasteiger partial charge in [0.1, 0.15) is 0 Å². The number of hydrazine groups is 1. The highest BCUT2D eigenvalue weighted by Crippen LogP contribution is 2.13. The van der Waals surface area contributed by atoms with Crippen LogP contribution in [-0.2, 0) is 4.79 Å². The standard InChI is InChI=1S/C6H7N3O2.C2H4O2/c7-8-5-1-3-6(4-2-5)9(10)11;1-2(3)4/h1-4,8H,7H2;1H3,(H,3,4). The fourth-order valence-electron chi connectivity index (χ4n) is 0.679. The third kappa shape index (κ3) is 5.99. The van der Waals surface area contributed by atoms with Crippen molar-refractivity contribution >= 4 is 17.3 Å². The monoisotopic (exact) mass is 213 g/mol. The third-order valence-electron chi connectivity index (χ3n) is 1.24. The number of nitro groups is 1. The number of nitrogen functional groups attached to an aromatic ring is 1. The van der Waals surface area contributed by atoms with E-state index in [4.69, 9.17) is 15.7 Å². The Morgan fingerprint density at radius 3 is 2.13 bits per heavy atom. The van der Waals surface area contributed by atoms with Crippen molar-refractivity contribution in [2.45, 2.75) is 6.92 Å². The molecule has 7 nitrogen and oxygen atoms in total. The molecule has 0 saturated carbocycles. The van der Waals surface area contributed by atoms with Crippen molar-refractivity contribution in [3.05, 3.63) is 34.4 Å². The number of carboxylic acid groups (broad SMARTS) is 1. The predicted octanol–water partition coefficient (Wildman–Crippen LogP) is 0.971. The molecule has 0 heterocycles. The number of carbonyl (C=O) groups is 1. The van der Waals surface area contributed by atoms with E-state index in [1.807, 2.05) is 0 Å². The molecule has 0 unspecified atom stereocenters. The lowest BCUT2D eigenvalue weighted by Crippen LogP contribution is -2.06. The van der Waals surface area contributed by atoms with Crippen molar-refractivity contribution in [1.82, 2.24) is 0 Å². The number of nitrogens with one attached hydrogen (secondary N) is 1. The molecule has 0 aliphatic carbocycles. The largest absolute Gasteiger partial charge is 0.481 e. The molecule has 15 heavy (non-hydrogen) atoms. The molecular formula is C8H11N3O4. The van der Waals surface area contributed by atoms with Gasteiger partial charge in [0.05, 0.1) is 4.92 Å². The molecule has 0 aliphatic heterocycles. The van der Waals surface area contributed by atoms with E-state index in [1.54, 1.807) is 0 Å². The smallest absolute Gasteiger partial charge is 0.300 e. The van der Waals surface area contributed by atoms with Gasteiger partial charge in [-0.1, -0.05) is 0 Å². The van der Waals surface area contributed by atoms with Crippen molar-refractivity contribution in [1.29, 1.82) is 0 Å². The van der Waals surface area contributed by atoms with E-state index in [2.05, 4.69) is 5.43 Å². The lowest BCUT2D eigenvalue weighted by atomic mass is 10.3. The van der Waals surface area contributed by atoms with Crippen molar-refractivity contribution in [2.24, 2.45) is 5.84 Å². The minimum Gasteiger partial charge on any atom is -0.481 e. The summed E-state index contributed by atoms with van der Waals surface area (Å²) in [5, 5.41) is 17.6. The van der Waals surface area contributed by atoms with Crippen LogP contribution in [0.2, 0.25) is 0 Å². The topological polar surface area (TPSA) is 118 Å². The van der Waals surface area contributed by atoms with Crippen LogP contribution in [0.25, 0.3) is 0 Å². The zero-order valence-corrected chi connectivity index (χ0v) is 8.01. The fraction of sp³-hybridized carbons (Fsp3) is 0.125. The Labute approximate surface area is 85.6 Å². The lowest BCUT2D eigenvalue weighted by Gasteiger charge is -1.96. The van der Waals surface area contributed by atoms with Crippen LogP contribution in [0.3, 0.4) is 0 Å². The van der Waals surface area contributed by atoms with Crippen LogP contribution < -0.4 is 11.3 Å². The summed E-state index contributed by atoms with van der Waals surface area (Å²) in [4.78, 5) is 18.7. The minimum absolute atomic E-state index is 0.0593. The Hall–Kier alpha value is -2.15. The molecule has 0 aliphatic rings. The normalized spacial score (nSPS) is 8.40. The third-order valence-corrected chi connectivity index (χ3v) is 1.24. The number of hydrogen-bond acceptors (Lipinski definition) is 5. The van der Waals surface area contributed by atoms with Gasteiger partial charge in [0.2, 0.25) is 0 Å². The number of nitrogens with zero attached hydrogens (tertiary/aromatic N) is 1. The van der Waals surface area contributed by atoms with Crippen molar-refractivity contribution in [3.8, 4) is 0 Å². The molecule has 4 N–H and O–H groups in total. The average molecular weight is 213 g/mol. The van der Waals surface area contributed by atoms with Crippen molar-refractivity contribution < 1.29 is 14.8 Å². The van der Waals surface area contributed by atoms with Gasteiger partial charge in [0, 0.05) is 24.7 Å². The summed E-state index contributed by atoms with van der Waals surface area (Å²) in [5.74, 6) is 4.22. The van der Waals surface area contributed by atoms with Gasteiger partial charge in [-0.2, -0.15) is 0 Å². The fourth-order valence-corrected chi connectivity index (χ4v) is 0.679. The van der Waals surface area contributed by atoms with Gasteiger partial charge in [0.25, 0.3) is 11.7 Å². The first-order chi connectivity index (χ1) is 6.97. The number of anilines is 1. The van der Waals surface area contributed by atoms with E-state index in [0.717, 1.165) is 6.92 Å². The molecule has 1 aromatic carbocycles. The van der Waals surface area contributed by atoms with Crippen LogP contribution in [0.1, 0.15) is 6.92 Å². The Balaban J connectivity index is 0.000000423. The van der Waals surface area contributed by atoms with Gasteiger partial charge in [-0.05, 0) is 12.1 Å². The van der Waals surface area contributed by atoms with Crippen LogP contribution in [0, 0.1) is 10.1 Å². The molecule has 0 saturated heterocycles. The summed E-state index contributed by atoms with van der Waals surface area (Å²) >= 11 is 0. The Kier molecular flexibility index (Phi) is 5.42. The van der Waals surface area contributed by atoms with Crippen molar-refractivity contribution in [3.63, 3.8) is 0 Å². The van der Waals surface area contributed by atoms with E-state index >= 15 is 0 Å². The number of nitrogens with two attached hydrogens (primary N) is 1. The van der Waals surface area contributed by atoms with Crippen LogP contribution >= 0.6 is 0 Å². The summed E-state index contributed by atoms with van der Waals surface area (Å²) in [7, 11) is 0. The van der Waals surface area contributed by atoms with Gasteiger partial charge in [-0.15, -0.1) is 0 Å². The number of non-ortho nitro benzene ring substituents is 1. The van der Waals surface area contributed by atoms with Crippen LogP contribution in [0.4, 0.5) is 11.4 Å². The number of rotatable bonds is 2. The summed E-state index contributed by atoms with van der Waals surface area (Å²) in [6.45, 7) is 1.08. The van der Waals surface area contributed by atoms with Crippen LogP contribution in [-0.4, -0.2) is 16.0 Å². The molecule has 1 rings (SSSR count). The molecule has 1 aromatic rings. The van der Waals surface area contributed by atoms with Crippen molar-refractivity contribution in [2.75, 3.05) is 5.43 Å². The quantitative estimate of drug-likeness (QED) is 0.382. The van der Waals surface area contributed by atoms with Gasteiger partial charge < -0.3 is 10.5 Å². The number of benzene rings is 1. The first-order valence-corrected chi connectivity index (χ1v) is 3.88. The maximum atomic E-state index is 10.2.